The normalized spacial score (nSPS) is 21.6. The van der Waals surface area contributed by atoms with E-state index >= 15 is 0 Å². The van der Waals surface area contributed by atoms with Crippen molar-refractivity contribution in [3.05, 3.63) is 0 Å². The summed E-state index contributed by atoms with van der Waals surface area (Å²) in [7, 11) is 0. The second-order valence-corrected chi connectivity index (χ2v) is 4.73. The molecule has 0 spiro atoms. The van der Waals surface area contributed by atoms with Crippen LogP contribution in [0, 0.1) is 0 Å². The predicted molar refractivity (Wildman–Crippen MR) is 62.7 cm³/mol. The Labute approximate surface area is 95.2 Å². The van der Waals surface area contributed by atoms with Crippen LogP contribution in [0.4, 0.5) is 0 Å². The molecule has 0 aromatic carbocycles. The molecule has 0 saturated carbocycles. The van der Waals surface area contributed by atoms with Gasteiger partial charge in [0.15, 0.2) is 0 Å². The van der Waals surface area contributed by atoms with Crippen LogP contribution in [0.15, 0.2) is 0 Å². The molecule has 14 heavy (non-hydrogen) atoms. The predicted octanol–water partition coefficient (Wildman–Crippen LogP) is 2.95. The van der Waals surface area contributed by atoms with Gasteiger partial charge in [-0.3, -0.25) is 4.79 Å². The van der Waals surface area contributed by atoms with E-state index in [-0.39, 0.29) is 0 Å². The van der Waals surface area contributed by atoms with Crippen LogP contribution in [0.3, 0.4) is 0 Å². The van der Waals surface area contributed by atoms with Gasteiger partial charge >= 0.3 is 0 Å². The Morgan fingerprint density at radius 1 is 1.50 bits per heavy atom. The van der Waals surface area contributed by atoms with Crippen molar-refractivity contribution in [2.75, 3.05) is 11.9 Å². The van der Waals surface area contributed by atoms with Gasteiger partial charge in [0.05, 0.1) is 0 Å². The van der Waals surface area contributed by atoms with Crippen LogP contribution < -0.4 is 0 Å². The molecule has 0 aliphatic carbocycles. The Kier molecular flexibility index (Phi) is 5.53. The first-order valence-corrected chi connectivity index (χ1v) is 6.77. The molecular weight excluding hydrogens is 242 g/mol. The summed E-state index contributed by atoms with van der Waals surface area (Å²) in [6, 6.07) is 0.534. The molecule has 1 saturated heterocycles. The van der Waals surface area contributed by atoms with Crippen molar-refractivity contribution in [1.82, 2.24) is 4.90 Å². The molecule has 3 heteroatoms. The molecular formula is C11H20BrNO. The molecule has 0 N–H and O–H groups in total. The third-order valence-corrected chi connectivity index (χ3v) is 3.50. The Hall–Kier alpha value is -0.0500. The Balaban J connectivity index is 2.28. The number of carbonyl (C=O) groups is 1. The van der Waals surface area contributed by atoms with Crippen LogP contribution >= 0.6 is 15.9 Å². The van der Waals surface area contributed by atoms with Gasteiger partial charge in [0.25, 0.3) is 0 Å². The van der Waals surface area contributed by atoms with E-state index in [1.54, 1.807) is 0 Å². The molecule has 0 radical (unpaired) electrons. The number of rotatable bonds is 5. The van der Waals surface area contributed by atoms with E-state index in [1.165, 1.54) is 12.8 Å². The van der Waals surface area contributed by atoms with Gasteiger partial charge in [-0.05, 0) is 32.1 Å². The number of amides is 1. The van der Waals surface area contributed by atoms with Crippen molar-refractivity contribution >= 4 is 21.8 Å². The quantitative estimate of drug-likeness (QED) is 0.551. The zero-order valence-corrected chi connectivity index (χ0v) is 10.6. The summed E-state index contributed by atoms with van der Waals surface area (Å²) in [5, 5.41) is 1.01. The molecule has 1 fully saturated rings. The smallest absolute Gasteiger partial charge is 0.222 e. The van der Waals surface area contributed by atoms with Crippen LogP contribution in [0.5, 0.6) is 0 Å². The first kappa shape index (κ1) is 12.0. The van der Waals surface area contributed by atoms with E-state index in [0.717, 1.165) is 37.6 Å². The standard InChI is InChI=1S/C11H20BrNO/c1-2-10-6-5-9-13(10)11(14)7-3-4-8-12/h10H,2-9H2,1H3. The summed E-state index contributed by atoms with van der Waals surface area (Å²) in [4.78, 5) is 13.9. The van der Waals surface area contributed by atoms with Crippen molar-refractivity contribution in [1.29, 1.82) is 0 Å². The molecule has 1 aliphatic heterocycles. The van der Waals surface area contributed by atoms with Crippen LogP contribution in [0.2, 0.25) is 0 Å². The fourth-order valence-electron chi connectivity index (χ4n) is 2.10. The summed E-state index contributed by atoms with van der Waals surface area (Å²) >= 11 is 3.38. The fourth-order valence-corrected chi connectivity index (χ4v) is 2.50. The lowest BCUT2D eigenvalue weighted by Crippen LogP contribution is -2.34. The average molecular weight is 262 g/mol. The highest BCUT2D eigenvalue weighted by Crippen LogP contribution is 2.21. The van der Waals surface area contributed by atoms with Crippen molar-refractivity contribution in [3.63, 3.8) is 0 Å². The number of alkyl halides is 1. The topological polar surface area (TPSA) is 20.3 Å². The number of carbonyl (C=O) groups excluding carboxylic acids is 1. The number of unbranched alkanes of at least 4 members (excludes halogenated alkanes) is 1. The largest absolute Gasteiger partial charge is 0.340 e. The molecule has 2 nitrogen and oxygen atoms in total. The van der Waals surface area contributed by atoms with Crippen LogP contribution in [-0.4, -0.2) is 28.7 Å². The molecule has 1 aliphatic rings. The van der Waals surface area contributed by atoms with E-state index in [2.05, 4.69) is 27.8 Å². The lowest BCUT2D eigenvalue weighted by atomic mass is 10.1. The van der Waals surface area contributed by atoms with Crippen molar-refractivity contribution in [2.24, 2.45) is 0 Å². The number of nitrogens with zero attached hydrogens (tertiary/aromatic N) is 1. The van der Waals surface area contributed by atoms with Crippen molar-refractivity contribution in [3.8, 4) is 0 Å². The molecule has 1 unspecified atom stereocenters. The highest BCUT2D eigenvalue weighted by Gasteiger charge is 2.26. The Morgan fingerprint density at radius 3 is 2.93 bits per heavy atom. The van der Waals surface area contributed by atoms with Gasteiger partial charge in [-0.15, -0.1) is 0 Å². The highest BCUT2D eigenvalue weighted by molar-refractivity contribution is 9.09. The van der Waals surface area contributed by atoms with Gasteiger partial charge in [0.1, 0.15) is 0 Å². The van der Waals surface area contributed by atoms with Crippen LogP contribution in [0.1, 0.15) is 45.4 Å². The zero-order valence-electron chi connectivity index (χ0n) is 8.97. The minimum atomic E-state index is 0.371. The van der Waals surface area contributed by atoms with Gasteiger partial charge in [-0.2, -0.15) is 0 Å². The summed E-state index contributed by atoms with van der Waals surface area (Å²) in [5.74, 6) is 0.371. The molecule has 0 bridgehead atoms. The van der Waals surface area contributed by atoms with Crippen LogP contribution in [-0.2, 0) is 4.79 Å². The maximum Gasteiger partial charge on any atom is 0.222 e. The number of hydrogen-bond acceptors (Lipinski definition) is 1. The Bertz CT molecular complexity index is 184. The molecule has 1 atom stereocenters. The molecule has 1 rings (SSSR count). The van der Waals surface area contributed by atoms with E-state index in [4.69, 9.17) is 0 Å². The lowest BCUT2D eigenvalue weighted by molar-refractivity contribution is -0.132. The number of likely N-dealkylation sites (tertiary alicyclic amines) is 1. The maximum absolute atomic E-state index is 11.8. The summed E-state index contributed by atoms with van der Waals surface area (Å²) < 4.78 is 0. The van der Waals surface area contributed by atoms with Gasteiger partial charge in [-0.25, -0.2) is 0 Å². The second-order valence-electron chi connectivity index (χ2n) is 3.94. The molecule has 1 heterocycles. The summed E-state index contributed by atoms with van der Waals surface area (Å²) in [6.07, 6.45) is 6.39. The number of hydrogen-bond donors (Lipinski definition) is 0. The number of halogens is 1. The minimum Gasteiger partial charge on any atom is -0.340 e. The van der Waals surface area contributed by atoms with Gasteiger partial charge in [0, 0.05) is 24.3 Å². The third kappa shape index (κ3) is 3.26. The zero-order chi connectivity index (χ0) is 10.4. The SMILES string of the molecule is CCC1CCCN1C(=O)CCCCBr. The molecule has 82 valence electrons. The van der Waals surface area contributed by atoms with Crippen molar-refractivity contribution < 1.29 is 4.79 Å². The van der Waals surface area contributed by atoms with Gasteiger partial charge in [-0.1, -0.05) is 22.9 Å². The van der Waals surface area contributed by atoms with E-state index < -0.39 is 0 Å². The monoisotopic (exact) mass is 261 g/mol. The lowest BCUT2D eigenvalue weighted by Gasteiger charge is -2.23. The van der Waals surface area contributed by atoms with Gasteiger partial charge in [0.2, 0.25) is 5.91 Å². The van der Waals surface area contributed by atoms with E-state index in [0.29, 0.717) is 11.9 Å². The summed E-state index contributed by atoms with van der Waals surface area (Å²) in [6.45, 7) is 3.17. The average Bonchev–Trinajstić information content (AvgIpc) is 2.65. The summed E-state index contributed by atoms with van der Waals surface area (Å²) in [5.41, 5.74) is 0. The third-order valence-electron chi connectivity index (χ3n) is 2.94. The minimum absolute atomic E-state index is 0.371. The second kappa shape index (κ2) is 6.44. The highest BCUT2D eigenvalue weighted by atomic mass is 79.9. The molecule has 0 aromatic heterocycles. The first-order chi connectivity index (χ1) is 6.79. The molecule has 1 amide bonds. The van der Waals surface area contributed by atoms with Crippen molar-refractivity contribution in [2.45, 2.75) is 51.5 Å². The Morgan fingerprint density at radius 2 is 2.29 bits per heavy atom. The van der Waals surface area contributed by atoms with E-state index in [9.17, 15) is 4.79 Å². The van der Waals surface area contributed by atoms with Gasteiger partial charge < -0.3 is 4.90 Å². The first-order valence-electron chi connectivity index (χ1n) is 5.65. The maximum atomic E-state index is 11.8. The molecule has 0 aromatic rings. The van der Waals surface area contributed by atoms with E-state index in [1.807, 2.05) is 0 Å². The fraction of sp³-hybridized carbons (Fsp3) is 0.909. The van der Waals surface area contributed by atoms with Crippen LogP contribution in [0.25, 0.3) is 0 Å².